The Morgan fingerprint density at radius 2 is 1.15 bits per heavy atom. The summed E-state index contributed by atoms with van der Waals surface area (Å²) >= 11 is 0. The molecule has 9 aromatic rings. The third kappa shape index (κ3) is 3.01. The van der Waals surface area contributed by atoms with E-state index in [0.29, 0.717) is 0 Å². The molecule has 6 aromatic carbocycles. The molecule has 0 saturated carbocycles. The Morgan fingerprint density at radius 3 is 2.02 bits per heavy atom. The Kier molecular flexibility index (Phi) is 4.30. The van der Waals surface area contributed by atoms with Gasteiger partial charge in [0.2, 0.25) is 0 Å². The molecule has 0 saturated heterocycles. The number of aromatic nitrogens is 3. The molecule has 3 heterocycles. The van der Waals surface area contributed by atoms with Gasteiger partial charge in [0, 0.05) is 27.1 Å². The van der Waals surface area contributed by atoms with E-state index in [9.17, 15) is 0 Å². The minimum absolute atomic E-state index is 0.802. The zero-order valence-corrected chi connectivity index (χ0v) is 21.4. The number of hydrogen-bond acceptors (Lipinski definition) is 3. The molecule has 186 valence electrons. The van der Waals surface area contributed by atoms with Gasteiger partial charge in [-0.15, -0.1) is 0 Å². The number of furan rings is 1. The monoisotopic (exact) mass is 511 g/mol. The van der Waals surface area contributed by atoms with Crippen LogP contribution in [0.1, 0.15) is 0 Å². The Balaban J connectivity index is 1.41. The molecule has 40 heavy (non-hydrogen) atoms. The molecule has 4 nitrogen and oxygen atoms in total. The summed E-state index contributed by atoms with van der Waals surface area (Å²) in [5, 5.41) is 7.01. The minimum Gasteiger partial charge on any atom is -0.456 e. The van der Waals surface area contributed by atoms with Gasteiger partial charge in [-0.25, -0.2) is 9.97 Å². The average Bonchev–Trinajstić information content (AvgIpc) is 3.54. The molecule has 3 aromatic heterocycles. The maximum atomic E-state index is 6.27. The van der Waals surface area contributed by atoms with Gasteiger partial charge in [0.1, 0.15) is 16.9 Å². The van der Waals surface area contributed by atoms with E-state index in [2.05, 4.69) is 89.5 Å². The summed E-state index contributed by atoms with van der Waals surface area (Å²) in [6, 6.07) is 44.2. The lowest BCUT2D eigenvalue weighted by Gasteiger charge is -2.14. The van der Waals surface area contributed by atoms with Crippen LogP contribution in [-0.4, -0.2) is 14.5 Å². The molecule has 0 atom stereocenters. The SMILES string of the molecule is c1ccc2cc3c(cc2c1)c1ccccc1n3-c1nc2ccccc2nc1-c1ccc2c(c1)oc1ccccc12. The van der Waals surface area contributed by atoms with E-state index in [-0.39, 0.29) is 0 Å². The third-order valence-corrected chi connectivity index (χ3v) is 7.96. The van der Waals surface area contributed by atoms with E-state index in [4.69, 9.17) is 14.4 Å². The number of benzene rings is 6. The molecule has 9 rings (SSSR count). The largest absolute Gasteiger partial charge is 0.456 e. The van der Waals surface area contributed by atoms with E-state index >= 15 is 0 Å². The van der Waals surface area contributed by atoms with Crippen LogP contribution in [0.5, 0.6) is 0 Å². The average molecular weight is 512 g/mol. The van der Waals surface area contributed by atoms with Gasteiger partial charge in [-0.05, 0) is 59.3 Å². The van der Waals surface area contributed by atoms with Crippen molar-refractivity contribution in [3.05, 3.63) is 127 Å². The van der Waals surface area contributed by atoms with Crippen molar-refractivity contribution in [2.24, 2.45) is 0 Å². The van der Waals surface area contributed by atoms with E-state index in [1.807, 2.05) is 42.5 Å². The number of hydrogen-bond donors (Lipinski definition) is 0. The Morgan fingerprint density at radius 1 is 0.475 bits per heavy atom. The fraction of sp³-hybridized carbons (Fsp3) is 0. The van der Waals surface area contributed by atoms with E-state index in [1.165, 1.54) is 21.5 Å². The lowest BCUT2D eigenvalue weighted by Crippen LogP contribution is -2.03. The first-order chi connectivity index (χ1) is 19.8. The summed E-state index contributed by atoms with van der Waals surface area (Å²) in [6.45, 7) is 0. The fourth-order valence-electron chi connectivity index (χ4n) is 6.10. The van der Waals surface area contributed by atoms with Crippen LogP contribution < -0.4 is 0 Å². The highest BCUT2D eigenvalue weighted by Gasteiger charge is 2.20. The first-order valence-electron chi connectivity index (χ1n) is 13.4. The second-order valence-corrected chi connectivity index (χ2v) is 10.3. The molecule has 0 bridgehead atoms. The molecule has 0 unspecified atom stereocenters. The normalized spacial score (nSPS) is 12.0. The van der Waals surface area contributed by atoms with Crippen LogP contribution in [0.4, 0.5) is 0 Å². The first-order valence-corrected chi connectivity index (χ1v) is 13.4. The van der Waals surface area contributed by atoms with Crippen molar-refractivity contribution >= 4 is 65.6 Å². The van der Waals surface area contributed by atoms with Gasteiger partial charge in [-0.3, -0.25) is 4.57 Å². The van der Waals surface area contributed by atoms with Crippen LogP contribution in [-0.2, 0) is 0 Å². The highest BCUT2D eigenvalue weighted by Crippen LogP contribution is 2.38. The van der Waals surface area contributed by atoms with E-state index in [0.717, 1.165) is 61.1 Å². The molecular weight excluding hydrogens is 490 g/mol. The van der Waals surface area contributed by atoms with Gasteiger partial charge in [0.25, 0.3) is 0 Å². The standard InChI is InChI=1S/C36H21N3O/c1-2-10-23-20-32-28(19-22(23)9-1)25-11-3-7-15-31(25)39(32)36-35(37-29-13-5-6-14-30(29)38-36)24-17-18-27-26-12-4-8-16-33(26)40-34(27)21-24/h1-21H. The van der Waals surface area contributed by atoms with Gasteiger partial charge in [0.15, 0.2) is 5.82 Å². The molecule has 0 N–H and O–H groups in total. The maximum Gasteiger partial charge on any atom is 0.165 e. The Labute approximate surface area is 228 Å². The molecule has 0 aliphatic heterocycles. The second-order valence-electron chi connectivity index (χ2n) is 10.3. The van der Waals surface area contributed by atoms with Crippen molar-refractivity contribution in [3.63, 3.8) is 0 Å². The second kappa shape index (κ2) is 8.01. The van der Waals surface area contributed by atoms with Crippen molar-refractivity contribution in [2.45, 2.75) is 0 Å². The number of para-hydroxylation sites is 4. The Bertz CT molecular complexity index is 2450. The van der Waals surface area contributed by atoms with Crippen LogP contribution in [0, 0.1) is 0 Å². The lowest BCUT2D eigenvalue weighted by molar-refractivity contribution is 0.669. The summed E-state index contributed by atoms with van der Waals surface area (Å²) in [4.78, 5) is 10.5. The summed E-state index contributed by atoms with van der Waals surface area (Å²) in [5.74, 6) is 0.802. The molecule has 0 aliphatic rings. The zero-order chi connectivity index (χ0) is 26.2. The van der Waals surface area contributed by atoms with Crippen LogP contribution in [0.3, 0.4) is 0 Å². The zero-order valence-electron chi connectivity index (χ0n) is 21.4. The number of fused-ring (bicyclic) bond motifs is 8. The quantitative estimate of drug-likeness (QED) is 0.232. The van der Waals surface area contributed by atoms with Crippen molar-refractivity contribution < 1.29 is 4.42 Å². The van der Waals surface area contributed by atoms with Crippen LogP contribution in [0.25, 0.3) is 82.6 Å². The van der Waals surface area contributed by atoms with Crippen molar-refractivity contribution in [2.75, 3.05) is 0 Å². The molecule has 0 radical (unpaired) electrons. The molecule has 0 amide bonds. The molecule has 0 spiro atoms. The fourth-order valence-corrected chi connectivity index (χ4v) is 6.10. The van der Waals surface area contributed by atoms with Gasteiger partial charge in [-0.1, -0.05) is 78.9 Å². The van der Waals surface area contributed by atoms with Crippen molar-refractivity contribution in [3.8, 4) is 17.1 Å². The molecule has 0 aliphatic carbocycles. The summed E-state index contributed by atoms with van der Waals surface area (Å²) in [7, 11) is 0. The predicted octanol–water partition coefficient (Wildman–Crippen LogP) is 9.45. The summed E-state index contributed by atoms with van der Waals surface area (Å²) in [6.07, 6.45) is 0. The van der Waals surface area contributed by atoms with Gasteiger partial charge >= 0.3 is 0 Å². The van der Waals surface area contributed by atoms with Crippen LogP contribution >= 0.6 is 0 Å². The number of nitrogens with zero attached hydrogens (tertiary/aromatic N) is 3. The van der Waals surface area contributed by atoms with Gasteiger partial charge < -0.3 is 4.42 Å². The van der Waals surface area contributed by atoms with Crippen molar-refractivity contribution in [1.29, 1.82) is 0 Å². The smallest absolute Gasteiger partial charge is 0.165 e. The van der Waals surface area contributed by atoms with Gasteiger partial charge in [-0.2, -0.15) is 0 Å². The highest BCUT2D eigenvalue weighted by atomic mass is 16.3. The van der Waals surface area contributed by atoms with Crippen LogP contribution in [0.2, 0.25) is 0 Å². The highest BCUT2D eigenvalue weighted by molar-refractivity contribution is 6.14. The summed E-state index contributed by atoms with van der Waals surface area (Å²) in [5.41, 5.74) is 7.43. The third-order valence-electron chi connectivity index (χ3n) is 7.96. The predicted molar refractivity (Wildman–Crippen MR) is 164 cm³/mol. The van der Waals surface area contributed by atoms with Gasteiger partial charge in [0.05, 0.1) is 22.1 Å². The molecule has 0 fully saturated rings. The lowest BCUT2D eigenvalue weighted by atomic mass is 10.1. The topological polar surface area (TPSA) is 43.9 Å². The van der Waals surface area contributed by atoms with E-state index < -0.39 is 0 Å². The van der Waals surface area contributed by atoms with Crippen molar-refractivity contribution in [1.82, 2.24) is 14.5 Å². The molecular formula is C36H21N3O. The number of rotatable bonds is 2. The summed E-state index contributed by atoms with van der Waals surface area (Å²) < 4.78 is 8.54. The first kappa shape index (κ1) is 21.5. The van der Waals surface area contributed by atoms with E-state index in [1.54, 1.807) is 0 Å². The van der Waals surface area contributed by atoms with Crippen LogP contribution in [0.15, 0.2) is 132 Å². The Hall–Kier alpha value is -5.48. The maximum absolute atomic E-state index is 6.27. The molecule has 4 heteroatoms. The minimum atomic E-state index is 0.802.